The van der Waals surface area contributed by atoms with E-state index < -0.39 is 0 Å². The zero-order chi connectivity index (χ0) is 18.5. The zero-order valence-electron chi connectivity index (χ0n) is 15.6. The summed E-state index contributed by atoms with van der Waals surface area (Å²) in [5, 5.41) is 4.30. The lowest BCUT2D eigenvalue weighted by atomic mass is 10.2. The third-order valence-corrected chi connectivity index (χ3v) is 4.88. The van der Waals surface area contributed by atoms with E-state index in [9.17, 15) is 0 Å². The molecule has 0 saturated carbocycles. The number of benzene rings is 1. The number of anilines is 3. The molecular formula is C19H25N7O. The van der Waals surface area contributed by atoms with Gasteiger partial charge in [-0.3, -0.25) is 0 Å². The minimum atomic E-state index is 0.485. The molecule has 1 aromatic carbocycles. The fraction of sp³-hybridized carbons (Fsp3) is 0.474. The largest absolute Gasteiger partial charge is 0.497 e. The van der Waals surface area contributed by atoms with Gasteiger partial charge in [-0.1, -0.05) is 0 Å². The van der Waals surface area contributed by atoms with E-state index in [0.29, 0.717) is 5.95 Å². The number of methoxy groups -OCH3 is 1. The molecular weight excluding hydrogens is 342 g/mol. The van der Waals surface area contributed by atoms with Gasteiger partial charge in [0.1, 0.15) is 5.75 Å². The van der Waals surface area contributed by atoms with Gasteiger partial charge >= 0.3 is 0 Å². The van der Waals surface area contributed by atoms with Crippen molar-refractivity contribution in [3.8, 4) is 5.75 Å². The molecule has 0 atom stereocenters. The molecule has 2 aliphatic heterocycles. The van der Waals surface area contributed by atoms with Gasteiger partial charge in [-0.2, -0.15) is 20.1 Å². The second kappa shape index (κ2) is 8.20. The Hall–Kier alpha value is -2.90. The maximum absolute atomic E-state index is 5.17. The molecule has 1 N–H and O–H groups in total. The van der Waals surface area contributed by atoms with E-state index in [0.717, 1.165) is 49.4 Å². The van der Waals surface area contributed by atoms with Crippen LogP contribution in [-0.2, 0) is 0 Å². The van der Waals surface area contributed by atoms with Gasteiger partial charge in [0, 0.05) is 26.2 Å². The fourth-order valence-electron chi connectivity index (χ4n) is 3.38. The van der Waals surface area contributed by atoms with Crippen molar-refractivity contribution in [2.75, 3.05) is 48.5 Å². The molecule has 1 aromatic heterocycles. The van der Waals surface area contributed by atoms with Crippen LogP contribution in [0, 0.1) is 0 Å². The van der Waals surface area contributed by atoms with Gasteiger partial charge in [0.25, 0.3) is 0 Å². The normalized spacial score (nSPS) is 17.1. The lowest BCUT2D eigenvalue weighted by Crippen LogP contribution is -2.25. The molecule has 3 heterocycles. The van der Waals surface area contributed by atoms with Gasteiger partial charge in [0.15, 0.2) is 0 Å². The summed E-state index contributed by atoms with van der Waals surface area (Å²) in [6, 6.07) is 7.70. The van der Waals surface area contributed by atoms with E-state index >= 15 is 0 Å². The summed E-state index contributed by atoms with van der Waals surface area (Å²) in [4.78, 5) is 18.3. The predicted octanol–water partition coefficient (Wildman–Crippen LogP) is 2.53. The van der Waals surface area contributed by atoms with Crippen molar-refractivity contribution in [3.05, 3.63) is 29.8 Å². The number of hydrazone groups is 1. The van der Waals surface area contributed by atoms with Crippen LogP contribution in [0.5, 0.6) is 5.75 Å². The van der Waals surface area contributed by atoms with E-state index in [4.69, 9.17) is 9.72 Å². The SMILES string of the molecule is COc1ccc(C=NNc2nc(N3CCCC3)nc(N3CCCC3)n2)cc1. The van der Waals surface area contributed by atoms with Crippen molar-refractivity contribution in [3.63, 3.8) is 0 Å². The second-order valence-electron chi connectivity index (χ2n) is 6.79. The van der Waals surface area contributed by atoms with Crippen LogP contribution in [0.4, 0.5) is 17.8 Å². The molecule has 27 heavy (non-hydrogen) atoms. The van der Waals surface area contributed by atoms with Crippen LogP contribution in [0.3, 0.4) is 0 Å². The van der Waals surface area contributed by atoms with Gasteiger partial charge in [-0.25, -0.2) is 5.43 Å². The van der Waals surface area contributed by atoms with Crippen LogP contribution in [-0.4, -0.2) is 54.5 Å². The Morgan fingerprint density at radius 3 is 1.96 bits per heavy atom. The van der Waals surface area contributed by atoms with Crippen LogP contribution in [0.15, 0.2) is 29.4 Å². The third-order valence-electron chi connectivity index (χ3n) is 4.88. The summed E-state index contributed by atoms with van der Waals surface area (Å²) < 4.78 is 5.17. The molecule has 0 spiro atoms. The maximum atomic E-state index is 5.17. The fourth-order valence-corrected chi connectivity index (χ4v) is 3.38. The topological polar surface area (TPSA) is 78.8 Å². The molecule has 0 amide bonds. The molecule has 8 heteroatoms. The highest BCUT2D eigenvalue weighted by atomic mass is 16.5. The van der Waals surface area contributed by atoms with Crippen molar-refractivity contribution in [1.82, 2.24) is 15.0 Å². The summed E-state index contributed by atoms with van der Waals surface area (Å²) >= 11 is 0. The highest BCUT2D eigenvalue weighted by molar-refractivity contribution is 5.80. The van der Waals surface area contributed by atoms with Crippen molar-refractivity contribution < 1.29 is 4.74 Å². The minimum Gasteiger partial charge on any atom is -0.497 e. The van der Waals surface area contributed by atoms with Gasteiger partial charge in [0.05, 0.1) is 13.3 Å². The Morgan fingerprint density at radius 1 is 0.889 bits per heavy atom. The second-order valence-corrected chi connectivity index (χ2v) is 6.79. The van der Waals surface area contributed by atoms with Crippen LogP contribution in [0.2, 0.25) is 0 Å². The monoisotopic (exact) mass is 367 g/mol. The van der Waals surface area contributed by atoms with E-state index in [1.165, 1.54) is 25.7 Å². The molecule has 2 fully saturated rings. The molecule has 0 radical (unpaired) electrons. The number of nitrogens with one attached hydrogen (secondary N) is 1. The van der Waals surface area contributed by atoms with Gasteiger partial charge < -0.3 is 14.5 Å². The summed E-state index contributed by atoms with van der Waals surface area (Å²) in [6.45, 7) is 3.99. The Balaban J connectivity index is 1.51. The third kappa shape index (κ3) is 4.27. The minimum absolute atomic E-state index is 0.485. The lowest BCUT2D eigenvalue weighted by Gasteiger charge is -2.20. The van der Waals surface area contributed by atoms with Crippen molar-refractivity contribution in [2.45, 2.75) is 25.7 Å². The molecule has 2 aliphatic rings. The van der Waals surface area contributed by atoms with Crippen LogP contribution < -0.4 is 20.0 Å². The first-order valence-corrected chi connectivity index (χ1v) is 9.51. The number of hydrogen-bond acceptors (Lipinski definition) is 8. The Bertz CT molecular complexity index is 747. The first-order valence-electron chi connectivity index (χ1n) is 9.51. The number of hydrogen-bond donors (Lipinski definition) is 1. The van der Waals surface area contributed by atoms with Crippen LogP contribution in [0.25, 0.3) is 0 Å². The average Bonchev–Trinajstić information content (AvgIpc) is 3.42. The first kappa shape index (κ1) is 17.5. The highest BCUT2D eigenvalue weighted by Gasteiger charge is 2.21. The molecule has 0 unspecified atom stereocenters. The Labute approximate surface area is 159 Å². The number of aromatic nitrogens is 3. The van der Waals surface area contributed by atoms with E-state index in [2.05, 4.69) is 30.3 Å². The van der Waals surface area contributed by atoms with Crippen molar-refractivity contribution in [2.24, 2.45) is 5.10 Å². The van der Waals surface area contributed by atoms with Gasteiger partial charge in [-0.05, 0) is 55.5 Å². The van der Waals surface area contributed by atoms with E-state index in [-0.39, 0.29) is 0 Å². The first-order chi connectivity index (χ1) is 13.3. The molecule has 0 bridgehead atoms. The number of ether oxygens (including phenoxy) is 1. The average molecular weight is 367 g/mol. The Morgan fingerprint density at radius 2 is 1.44 bits per heavy atom. The van der Waals surface area contributed by atoms with Gasteiger partial charge in [0.2, 0.25) is 17.8 Å². The number of nitrogens with zero attached hydrogens (tertiary/aromatic N) is 6. The smallest absolute Gasteiger partial charge is 0.250 e. The van der Waals surface area contributed by atoms with Crippen molar-refractivity contribution in [1.29, 1.82) is 0 Å². The van der Waals surface area contributed by atoms with Crippen LogP contribution >= 0.6 is 0 Å². The zero-order valence-corrected chi connectivity index (χ0v) is 15.6. The molecule has 2 aromatic rings. The van der Waals surface area contributed by atoms with Gasteiger partial charge in [-0.15, -0.1) is 0 Å². The van der Waals surface area contributed by atoms with E-state index in [1.807, 2.05) is 24.3 Å². The van der Waals surface area contributed by atoms with Crippen LogP contribution in [0.1, 0.15) is 31.2 Å². The summed E-state index contributed by atoms with van der Waals surface area (Å²) in [6.07, 6.45) is 6.48. The Kier molecular flexibility index (Phi) is 5.32. The lowest BCUT2D eigenvalue weighted by molar-refractivity contribution is 0.415. The molecule has 4 rings (SSSR count). The standard InChI is InChI=1S/C19H25N7O/c1-27-16-8-6-15(7-9-16)14-20-24-17-21-18(25-10-2-3-11-25)23-19(22-17)26-12-4-5-13-26/h6-9,14H,2-5,10-13H2,1H3,(H,21,22,23,24). The predicted molar refractivity (Wildman–Crippen MR) is 107 cm³/mol. The maximum Gasteiger partial charge on any atom is 0.250 e. The summed E-state index contributed by atoms with van der Waals surface area (Å²) in [5.41, 5.74) is 3.94. The molecule has 0 aliphatic carbocycles. The summed E-state index contributed by atoms with van der Waals surface area (Å²) in [5.74, 6) is 2.79. The molecule has 142 valence electrons. The summed E-state index contributed by atoms with van der Waals surface area (Å²) in [7, 11) is 1.65. The van der Waals surface area contributed by atoms with E-state index in [1.54, 1.807) is 13.3 Å². The quantitative estimate of drug-likeness (QED) is 0.621. The molecule has 8 nitrogen and oxygen atoms in total. The number of rotatable bonds is 6. The highest BCUT2D eigenvalue weighted by Crippen LogP contribution is 2.22. The molecule has 2 saturated heterocycles. The van der Waals surface area contributed by atoms with Crippen molar-refractivity contribution >= 4 is 24.1 Å².